The molecule has 0 aliphatic heterocycles. The third-order valence-corrected chi connectivity index (χ3v) is 6.08. The van der Waals surface area contributed by atoms with Gasteiger partial charge in [0.25, 0.3) is 0 Å². The van der Waals surface area contributed by atoms with Crippen molar-refractivity contribution in [1.82, 2.24) is 5.32 Å². The molecule has 19 heavy (non-hydrogen) atoms. The summed E-state index contributed by atoms with van der Waals surface area (Å²) < 4.78 is 0. The van der Waals surface area contributed by atoms with E-state index in [0.29, 0.717) is 5.92 Å². The van der Waals surface area contributed by atoms with Crippen LogP contribution in [-0.2, 0) is 4.79 Å². The number of halogens is 1. The predicted molar refractivity (Wildman–Crippen MR) is 85.6 cm³/mol. The van der Waals surface area contributed by atoms with Crippen molar-refractivity contribution in [2.45, 2.75) is 71.6 Å². The van der Waals surface area contributed by atoms with E-state index in [1.165, 1.54) is 38.5 Å². The van der Waals surface area contributed by atoms with Gasteiger partial charge in [-0.15, -0.1) is 0 Å². The summed E-state index contributed by atoms with van der Waals surface area (Å²) >= 11 is 3.60. The van der Waals surface area contributed by atoms with E-state index < -0.39 is 0 Å². The molecule has 1 N–H and O–H groups in total. The van der Waals surface area contributed by atoms with Crippen LogP contribution in [0.1, 0.15) is 71.6 Å². The minimum atomic E-state index is 0.235. The molecule has 1 saturated carbocycles. The Kier molecular flexibility index (Phi) is 8.05. The quantitative estimate of drug-likeness (QED) is 0.533. The zero-order valence-corrected chi connectivity index (χ0v) is 14.2. The summed E-state index contributed by atoms with van der Waals surface area (Å²) in [5.74, 6) is 0.892. The van der Waals surface area contributed by atoms with E-state index in [4.69, 9.17) is 0 Å². The largest absolute Gasteiger partial charge is 0.356 e. The minimum Gasteiger partial charge on any atom is -0.356 e. The van der Waals surface area contributed by atoms with E-state index in [1.54, 1.807) is 0 Å². The van der Waals surface area contributed by atoms with E-state index in [0.717, 1.165) is 31.1 Å². The first kappa shape index (κ1) is 17.0. The number of amides is 1. The zero-order valence-electron chi connectivity index (χ0n) is 12.6. The highest BCUT2D eigenvalue weighted by molar-refractivity contribution is 9.09. The van der Waals surface area contributed by atoms with Gasteiger partial charge in [-0.1, -0.05) is 55.5 Å². The van der Waals surface area contributed by atoms with Gasteiger partial charge in [0.15, 0.2) is 0 Å². The van der Waals surface area contributed by atoms with Crippen LogP contribution >= 0.6 is 15.9 Å². The second kappa shape index (κ2) is 8.99. The molecule has 0 heterocycles. The summed E-state index contributed by atoms with van der Waals surface area (Å²) in [6.07, 6.45) is 10.8. The molecule has 0 aromatic carbocycles. The normalized spacial score (nSPS) is 18.1. The van der Waals surface area contributed by atoms with E-state index in [9.17, 15) is 4.79 Å². The van der Waals surface area contributed by atoms with Crippen LogP contribution in [0.15, 0.2) is 0 Å². The fraction of sp³-hybridized carbons (Fsp3) is 0.938. The summed E-state index contributed by atoms with van der Waals surface area (Å²) in [6.45, 7) is 5.24. The Bertz CT molecular complexity index is 247. The molecule has 0 aromatic heterocycles. The van der Waals surface area contributed by atoms with Gasteiger partial charge >= 0.3 is 0 Å². The van der Waals surface area contributed by atoms with Crippen LogP contribution in [0, 0.1) is 11.3 Å². The SMILES string of the molecule is CCC(CC)(CBr)CNC(=O)CC1CCCCCC1. The van der Waals surface area contributed by atoms with Crippen molar-refractivity contribution in [1.29, 1.82) is 0 Å². The first-order valence-electron chi connectivity index (χ1n) is 7.98. The Balaban J connectivity index is 2.33. The maximum absolute atomic E-state index is 12.1. The van der Waals surface area contributed by atoms with Crippen molar-refractivity contribution in [3.8, 4) is 0 Å². The molecule has 1 fully saturated rings. The maximum Gasteiger partial charge on any atom is 0.220 e. The molecule has 112 valence electrons. The number of rotatable bonds is 7. The van der Waals surface area contributed by atoms with Gasteiger partial charge in [0.2, 0.25) is 5.91 Å². The molecule has 0 atom stereocenters. The molecule has 0 radical (unpaired) electrons. The molecular formula is C16H30BrNO. The van der Waals surface area contributed by atoms with Crippen molar-refractivity contribution < 1.29 is 4.79 Å². The van der Waals surface area contributed by atoms with Crippen LogP contribution in [-0.4, -0.2) is 17.8 Å². The van der Waals surface area contributed by atoms with E-state index >= 15 is 0 Å². The third-order valence-electron chi connectivity index (χ3n) is 4.89. The van der Waals surface area contributed by atoms with Crippen molar-refractivity contribution in [2.75, 3.05) is 11.9 Å². The van der Waals surface area contributed by atoms with Gasteiger partial charge in [-0.25, -0.2) is 0 Å². The first-order valence-corrected chi connectivity index (χ1v) is 9.10. The maximum atomic E-state index is 12.1. The zero-order chi connectivity index (χ0) is 14.1. The number of hydrogen-bond acceptors (Lipinski definition) is 1. The van der Waals surface area contributed by atoms with E-state index in [1.807, 2.05) is 0 Å². The summed E-state index contributed by atoms with van der Waals surface area (Å²) in [5, 5.41) is 4.14. The molecule has 0 spiro atoms. The molecule has 1 rings (SSSR count). The standard InChI is InChI=1S/C16H30BrNO/c1-3-16(4-2,12-17)13-18-15(19)11-14-9-7-5-6-8-10-14/h14H,3-13H2,1-2H3,(H,18,19). The van der Waals surface area contributed by atoms with Crippen LogP contribution in [0.5, 0.6) is 0 Å². The highest BCUT2D eigenvalue weighted by Gasteiger charge is 2.25. The Morgan fingerprint density at radius 1 is 1.16 bits per heavy atom. The lowest BCUT2D eigenvalue weighted by Gasteiger charge is -2.30. The highest BCUT2D eigenvalue weighted by Crippen LogP contribution is 2.28. The Labute approximate surface area is 127 Å². The van der Waals surface area contributed by atoms with Gasteiger partial charge in [-0.2, -0.15) is 0 Å². The molecule has 0 bridgehead atoms. The lowest BCUT2D eigenvalue weighted by atomic mass is 9.84. The summed E-state index contributed by atoms with van der Waals surface area (Å²) in [4.78, 5) is 12.1. The molecule has 3 heteroatoms. The molecule has 2 nitrogen and oxygen atoms in total. The average Bonchev–Trinajstić information content (AvgIpc) is 2.70. The van der Waals surface area contributed by atoms with Crippen molar-refractivity contribution in [3.63, 3.8) is 0 Å². The molecule has 0 unspecified atom stereocenters. The van der Waals surface area contributed by atoms with Gasteiger partial charge < -0.3 is 5.32 Å². The summed E-state index contributed by atoms with van der Waals surface area (Å²) in [6, 6.07) is 0. The number of carbonyl (C=O) groups is 1. The predicted octanol–water partition coefficient (Wildman–Crippen LogP) is 4.66. The summed E-state index contributed by atoms with van der Waals surface area (Å²) in [7, 11) is 0. The van der Waals surface area contributed by atoms with Crippen LogP contribution in [0.4, 0.5) is 0 Å². The number of carbonyl (C=O) groups excluding carboxylic acids is 1. The van der Waals surface area contributed by atoms with Crippen LogP contribution < -0.4 is 5.32 Å². The Morgan fingerprint density at radius 2 is 1.74 bits per heavy atom. The molecule has 1 amide bonds. The van der Waals surface area contributed by atoms with Gasteiger partial charge in [0, 0.05) is 18.3 Å². The number of alkyl halides is 1. The minimum absolute atomic E-state index is 0.235. The van der Waals surface area contributed by atoms with Crippen molar-refractivity contribution >= 4 is 21.8 Å². The van der Waals surface area contributed by atoms with Crippen molar-refractivity contribution in [2.24, 2.45) is 11.3 Å². The molecule has 0 aromatic rings. The van der Waals surface area contributed by atoms with Gasteiger partial charge in [-0.05, 0) is 37.0 Å². The third kappa shape index (κ3) is 5.85. The van der Waals surface area contributed by atoms with E-state index in [-0.39, 0.29) is 11.3 Å². The summed E-state index contributed by atoms with van der Waals surface area (Å²) in [5.41, 5.74) is 0.235. The lowest BCUT2D eigenvalue weighted by molar-refractivity contribution is -0.122. The molecular weight excluding hydrogens is 302 g/mol. The van der Waals surface area contributed by atoms with Gasteiger partial charge in [0.1, 0.15) is 0 Å². The Hall–Kier alpha value is -0.0500. The number of nitrogens with one attached hydrogen (secondary N) is 1. The highest BCUT2D eigenvalue weighted by atomic mass is 79.9. The second-order valence-corrected chi connectivity index (χ2v) is 6.74. The molecule has 1 aliphatic rings. The van der Waals surface area contributed by atoms with Crippen LogP contribution in [0.25, 0.3) is 0 Å². The molecule has 0 saturated heterocycles. The fourth-order valence-corrected chi connectivity index (χ4v) is 3.92. The van der Waals surface area contributed by atoms with Gasteiger partial charge in [0.05, 0.1) is 0 Å². The average molecular weight is 332 g/mol. The topological polar surface area (TPSA) is 29.1 Å². The second-order valence-electron chi connectivity index (χ2n) is 6.18. The van der Waals surface area contributed by atoms with Crippen LogP contribution in [0.2, 0.25) is 0 Å². The van der Waals surface area contributed by atoms with Crippen LogP contribution in [0.3, 0.4) is 0 Å². The number of hydrogen-bond donors (Lipinski definition) is 1. The van der Waals surface area contributed by atoms with Gasteiger partial charge in [-0.3, -0.25) is 4.79 Å². The lowest BCUT2D eigenvalue weighted by Crippen LogP contribution is -2.38. The van der Waals surface area contributed by atoms with E-state index in [2.05, 4.69) is 35.1 Å². The molecule has 1 aliphatic carbocycles. The monoisotopic (exact) mass is 331 g/mol. The smallest absolute Gasteiger partial charge is 0.220 e. The van der Waals surface area contributed by atoms with Crippen molar-refractivity contribution in [3.05, 3.63) is 0 Å². The fourth-order valence-electron chi connectivity index (χ4n) is 2.92. The first-order chi connectivity index (χ1) is 9.15. The Morgan fingerprint density at radius 3 is 2.21 bits per heavy atom.